The van der Waals surface area contributed by atoms with Gasteiger partial charge in [-0.25, -0.2) is 26.9 Å². The van der Waals surface area contributed by atoms with Crippen molar-refractivity contribution in [1.82, 2.24) is 0 Å². The summed E-state index contributed by atoms with van der Waals surface area (Å²) >= 11 is 14.5. The number of halogens is 7. The van der Waals surface area contributed by atoms with Crippen molar-refractivity contribution in [3.8, 4) is 5.75 Å². The highest BCUT2D eigenvalue weighted by atomic mass is 35.5. The number of hydrogen-bond acceptors (Lipinski definition) is 9. The first-order chi connectivity index (χ1) is 28.6. The number of aliphatic hydroxyl groups excluding tert-OH is 1. The van der Waals surface area contributed by atoms with Crippen molar-refractivity contribution in [2.24, 2.45) is 28.0 Å². The van der Waals surface area contributed by atoms with E-state index in [-0.39, 0.29) is 40.5 Å². The summed E-state index contributed by atoms with van der Waals surface area (Å²) in [6.07, 6.45) is 0.861. The van der Waals surface area contributed by atoms with Gasteiger partial charge in [-0.1, -0.05) is 29.8 Å². The van der Waals surface area contributed by atoms with E-state index >= 15 is 8.78 Å². The number of para-hydroxylation sites is 1. The molecule has 2 heterocycles. The third kappa shape index (κ3) is 6.01. The number of fused-ring (bicyclic) bond motifs is 4. The summed E-state index contributed by atoms with van der Waals surface area (Å²) in [5, 5.41) is 18.1. The van der Waals surface area contributed by atoms with Gasteiger partial charge in [-0.2, -0.15) is 10.2 Å². The van der Waals surface area contributed by atoms with Crippen LogP contribution < -0.4 is 19.4 Å². The number of allylic oxidation sites excluding steroid dienone is 2. The molecule has 18 heteroatoms. The second kappa shape index (κ2) is 15.1. The highest BCUT2D eigenvalue weighted by Crippen LogP contribution is 2.67. The summed E-state index contributed by atoms with van der Waals surface area (Å²) in [5.41, 5.74) is 0.636. The third-order valence-electron chi connectivity index (χ3n) is 11.6. The minimum atomic E-state index is -2.73. The van der Waals surface area contributed by atoms with Crippen molar-refractivity contribution in [3.63, 3.8) is 0 Å². The molecule has 2 aliphatic carbocycles. The maximum atomic E-state index is 15.4. The number of alkyl halides is 2. The zero-order chi connectivity index (χ0) is 43.0. The molecule has 0 aromatic heterocycles. The predicted molar refractivity (Wildman–Crippen MR) is 209 cm³/mol. The van der Waals surface area contributed by atoms with Crippen LogP contribution in [0.3, 0.4) is 0 Å². The standard InChI is InChI=1S/C42H32Cl2F5N5O6/c1-52(2)22-11-7-20(8-12-22)50-51-21-9-13-23(14-10-21)53-37(56)26-16-15-24-27(29(26)38(53)57)19-41(43)39(58)54(36-34(48)32(46)31(45)33(47)35(36)49)40(59)42(41,44)30(24)25-5-3-4-6-28(25)60-18-17-55/h3-15,26-27,29-30,55H,16-19H2,1-2H3. The average molecular weight is 869 g/mol. The van der Waals surface area contributed by atoms with Crippen LogP contribution in [0.15, 0.2) is 94.7 Å². The molecule has 4 amide bonds. The van der Waals surface area contributed by atoms with E-state index in [1.807, 2.05) is 31.1 Å². The number of hydrogen-bond donors (Lipinski definition) is 1. The number of ether oxygens (including phenoxy) is 1. The number of anilines is 3. The minimum absolute atomic E-state index is 0.0347. The summed E-state index contributed by atoms with van der Waals surface area (Å²) < 4.78 is 79.9. The van der Waals surface area contributed by atoms with Gasteiger partial charge in [0.2, 0.25) is 17.6 Å². The summed E-state index contributed by atoms with van der Waals surface area (Å²) in [6, 6.07) is 19.5. The Kier molecular flexibility index (Phi) is 10.3. The molecule has 4 aliphatic rings. The molecular weight excluding hydrogens is 836 g/mol. The first-order valence-corrected chi connectivity index (χ1v) is 19.3. The van der Waals surface area contributed by atoms with Crippen molar-refractivity contribution >= 4 is 75.3 Å². The molecule has 1 N–H and O–H groups in total. The largest absolute Gasteiger partial charge is 0.491 e. The molecule has 310 valence electrons. The Balaban J connectivity index is 1.19. The monoisotopic (exact) mass is 867 g/mol. The molecule has 6 atom stereocenters. The Hall–Kier alpha value is -5.71. The normalized spacial score (nSPS) is 26.1. The lowest BCUT2D eigenvalue weighted by Gasteiger charge is -2.50. The molecule has 11 nitrogen and oxygen atoms in total. The molecule has 1 saturated carbocycles. The van der Waals surface area contributed by atoms with Crippen molar-refractivity contribution < 1.29 is 51.0 Å². The molecule has 0 bridgehead atoms. The number of aliphatic hydroxyl groups is 1. The van der Waals surface area contributed by atoms with Gasteiger partial charge in [0.1, 0.15) is 18.0 Å². The van der Waals surface area contributed by atoms with Gasteiger partial charge in [0.15, 0.2) is 33.0 Å². The van der Waals surface area contributed by atoms with E-state index in [9.17, 15) is 37.5 Å². The number of nitrogens with zero attached hydrogens (tertiary/aromatic N) is 5. The highest BCUT2D eigenvalue weighted by molar-refractivity contribution is 6.58. The van der Waals surface area contributed by atoms with Crippen LogP contribution in [0, 0.1) is 46.8 Å². The molecule has 4 aromatic carbocycles. The summed E-state index contributed by atoms with van der Waals surface area (Å²) in [5.74, 6) is -21.7. The molecule has 3 fully saturated rings. The van der Waals surface area contributed by atoms with Gasteiger partial charge in [-0.15, -0.1) is 23.2 Å². The Bertz CT molecular complexity index is 2510. The number of amides is 4. The molecule has 8 rings (SSSR count). The molecule has 2 saturated heterocycles. The number of carbonyl (C=O) groups is 4. The summed E-state index contributed by atoms with van der Waals surface area (Å²) in [6.45, 7) is -0.708. The van der Waals surface area contributed by atoms with E-state index in [0.29, 0.717) is 11.4 Å². The van der Waals surface area contributed by atoms with Crippen LogP contribution in [0.4, 0.5) is 50.4 Å². The topological polar surface area (TPSA) is 132 Å². The zero-order valence-electron chi connectivity index (χ0n) is 31.5. The molecule has 6 unspecified atom stereocenters. The van der Waals surface area contributed by atoms with E-state index < -0.39 is 105 Å². The molecule has 0 radical (unpaired) electrons. The summed E-state index contributed by atoms with van der Waals surface area (Å²) in [4.78, 5) is 55.0. The fourth-order valence-corrected chi connectivity index (χ4v) is 9.70. The number of benzene rings is 4. The van der Waals surface area contributed by atoms with E-state index in [4.69, 9.17) is 27.9 Å². The smallest absolute Gasteiger partial charge is 0.258 e. The van der Waals surface area contributed by atoms with Crippen LogP contribution in [-0.4, -0.2) is 65.8 Å². The van der Waals surface area contributed by atoms with E-state index in [1.54, 1.807) is 36.4 Å². The van der Waals surface area contributed by atoms with Crippen LogP contribution in [0.5, 0.6) is 5.75 Å². The van der Waals surface area contributed by atoms with Crippen molar-refractivity contribution in [3.05, 3.63) is 119 Å². The number of carbonyl (C=O) groups excluding carboxylic acids is 4. The lowest BCUT2D eigenvalue weighted by Crippen LogP contribution is -2.60. The molecule has 4 aromatic rings. The maximum absolute atomic E-state index is 15.4. The Morgan fingerprint density at radius 1 is 0.767 bits per heavy atom. The lowest BCUT2D eigenvalue weighted by molar-refractivity contribution is -0.125. The Morgan fingerprint density at radius 3 is 1.95 bits per heavy atom. The fourth-order valence-electron chi connectivity index (χ4n) is 8.77. The third-order valence-corrected chi connectivity index (χ3v) is 13.0. The van der Waals surface area contributed by atoms with Crippen molar-refractivity contribution in [1.29, 1.82) is 0 Å². The highest BCUT2D eigenvalue weighted by Gasteiger charge is 2.77. The van der Waals surface area contributed by atoms with Crippen LogP contribution in [0.2, 0.25) is 0 Å². The van der Waals surface area contributed by atoms with Gasteiger partial charge in [-0.05, 0) is 73.4 Å². The van der Waals surface area contributed by atoms with E-state index in [0.717, 1.165) is 10.6 Å². The van der Waals surface area contributed by atoms with Gasteiger partial charge in [0, 0.05) is 31.3 Å². The van der Waals surface area contributed by atoms with Gasteiger partial charge in [-0.3, -0.25) is 24.1 Å². The van der Waals surface area contributed by atoms with Crippen molar-refractivity contribution in [2.75, 3.05) is 42.0 Å². The van der Waals surface area contributed by atoms with Gasteiger partial charge in [0.05, 0.1) is 35.5 Å². The fraction of sp³-hybridized carbons (Fsp3) is 0.286. The lowest BCUT2D eigenvalue weighted by atomic mass is 9.56. The van der Waals surface area contributed by atoms with Crippen LogP contribution >= 0.6 is 23.2 Å². The quantitative estimate of drug-likeness (QED) is 0.0343. The van der Waals surface area contributed by atoms with Gasteiger partial charge in [0.25, 0.3) is 11.8 Å². The van der Waals surface area contributed by atoms with Gasteiger partial charge < -0.3 is 14.7 Å². The first kappa shape index (κ1) is 41.0. The number of azo groups is 1. The van der Waals surface area contributed by atoms with E-state index in [2.05, 4.69) is 10.2 Å². The molecule has 0 spiro atoms. The second-order valence-electron chi connectivity index (χ2n) is 14.9. The maximum Gasteiger partial charge on any atom is 0.258 e. The van der Waals surface area contributed by atoms with Crippen LogP contribution in [0.25, 0.3) is 0 Å². The molecule has 2 aliphatic heterocycles. The number of rotatable bonds is 9. The minimum Gasteiger partial charge on any atom is -0.491 e. The van der Waals surface area contributed by atoms with Crippen LogP contribution in [-0.2, 0) is 19.2 Å². The number of imide groups is 2. The summed E-state index contributed by atoms with van der Waals surface area (Å²) in [7, 11) is 3.81. The zero-order valence-corrected chi connectivity index (χ0v) is 33.0. The van der Waals surface area contributed by atoms with Crippen LogP contribution in [0.1, 0.15) is 24.3 Å². The molecular formula is C42H32Cl2F5N5O6. The Morgan fingerprint density at radius 2 is 1.35 bits per heavy atom. The molecule has 60 heavy (non-hydrogen) atoms. The van der Waals surface area contributed by atoms with Crippen molar-refractivity contribution in [2.45, 2.75) is 28.5 Å². The van der Waals surface area contributed by atoms with Gasteiger partial charge >= 0.3 is 0 Å². The SMILES string of the molecule is CN(C)c1ccc(N=Nc2ccc(N3C(=O)C4CC=C5C(CC6(Cl)C(=O)N(c7c(F)c(F)c(F)c(F)c7F)C(=O)C6(Cl)C5c5ccccc5OCCO)C4C3=O)cc2)cc1. The average Bonchev–Trinajstić information content (AvgIpc) is 3.58. The second-order valence-corrected chi connectivity index (χ2v) is 16.2. The predicted octanol–water partition coefficient (Wildman–Crippen LogP) is 8.00. The first-order valence-electron chi connectivity index (χ1n) is 18.5. The Labute approximate surface area is 348 Å². The van der Waals surface area contributed by atoms with E-state index in [1.165, 1.54) is 30.3 Å².